The molecule has 1 heterocycles. The third-order valence-corrected chi connectivity index (χ3v) is 4.61. The summed E-state index contributed by atoms with van der Waals surface area (Å²) in [5.41, 5.74) is 6.48. The Morgan fingerprint density at radius 1 is 1.23 bits per heavy atom. The minimum atomic E-state index is -0.0163. The van der Waals surface area contributed by atoms with Crippen LogP contribution < -0.4 is 5.43 Å². The van der Waals surface area contributed by atoms with Gasteiger partial charge in [0.1, 0.15) is 0 Å². The molecule has 1 N–H and O–H groups in total. The van der Waals surface area contributed by atoms with E-state index in [9.17, 15) is 4.79 Å². The summed E-state index contributed by atoms with van der Waals surface area (Å²) >= 11 is 0. The van der Waals surface area contributed by atoms with Gasteiger partial charge < -0.3 is 0 Å². The maximum atomic E-state index is 12.2. The summed E-state index contributed by atoms with van der Waals surface area (Å²) in [6, 6.07) is 7.70. The van der Waals surface area contributed by atoms with E-state index in [4.69, 9.17) is 0 Å². The second-order valence-electron chi connectivity index (χ2n) is 6.26. The van der Waals surface area contributed by atoms with E-state index in [0.717, 1.165) is 31.0 Å². The fourth-order valence-corrected chi connectivity index (χ4v) is 3.20. The molecule has 116 valence electrons. The molecule has 3 heteroatoms. The number of carbonyl (C=O) groups excluding carboxylic acids is 1. The molecule has 1 atom stereocenters. The first-order valence-corrected chi connectivity index (χ1v) is 8.19. The topological polar surface area (TPSA) is 32.3 Å². The Morgan fingerprint density at radius 2 is 2.05 bits per heavy atom. The molecule has 1 amide bonds. The number of hydrogen-bond donors (Lipinski definition) is 1. The lowest BCUT2D eigenvalue weighted by molar-refractivity contribution is 0.0799. The Labute approximate surface area is 132 Å². The molecule has 0 saturated carbocycles. The largest absolute Gasteiger partial charge is 0.284 e. The first-order valence-electron chi connectivity index (χ1n) is 8.19. The van der Waals surface area contributed by atoms with E-state index in [1.165, 1.54) is 24.8 Å². The minimum absolute atomic E-state index is 0.0163. The summed E-state index contributed by atoms with van der Waals surface area (Å²) in [5.74, 6) is 0.706. The summed E-state index contributed by atoms with van der Waals surface area (Å²) in [6.45, 7) is 3.75. The van der Waals surface area contributed by atoms with Crippen molar-refractivity contribution in [2.75, 3.05) is 13.1 Å². The number of allylic oxidation sites excluding steroid dienone is 2. The number of aryl methyl sites for hydroxylation is 1. The molecule has 0 fully saturated rings. The quantitative estimate of drug-likeness (QED) is 0.864. The highest BCUT2D eigenvalue weighted by Crippen LogP contribution is 2.29. The second-order valence-corrected chi connectivity index (χ2v) is 6.26. The summed E-state index contributed by atoms with van der Waals surface area (Å²) in [4.78, 5) is 12.2. The van der Waals surface area contributed by atoms with Crippen LogP contribution in [-0.2, 0) is 0 Å². The van der Waals surface area contributed by atoms with Crippen LogP contribution in [0.5, 0.6) is 0 Å². The van der Waals surface area contributed by atoms with Crippen molar-refractivity contribution in [2.24, 2.45) is 5.92 Å². The van der Waals surface area contributed by atoms with Crippen molar-refractivity contribution in [2.45, 2.75) is 32.6 Å². The van der Waals surface area contributed by atoms with Gasteiger partial charge in [0.05, 0.1) is 0 Å². The van der Waals surface area contributed by atoms with E-state index >= 15 is 0 Å². The average Bonchev–Trinajstić information content (AvgIpc) is 2.57. The molecule has 0 spiro atoms. The van der Waals surface area contributed by atoms with Gasteiger partial charge in [-0.2, -0.15) is 0 Å². The summed E-state index contributed by atoms with van der Waals surface area (Å²) in [6.07, 6.45) is 11.6. The third-order valence-electron chi connectivity index (χ3n) is 4.61. The van der Waals surface area contributed by atoms with Crippen molar-refractivity contribution in [3.8, 4) is 0 Å². The molecule has 3 rings (SSSR count). The van der Waals surface area contributed by atoms with Crippen LogP contribution in [0.25, 0.3) is 0 Å². The molecule has 0 radical (unpaired) electrons. The van der Waals surface area contributed by atoms with Crippen LogP contribution in [0.15, 0.2) is 48.1 Å². The van der Waals surface area contributed by atoms with Gasteiger partial charge in [-0.15, -0.1) is 0 Å². The van der Waals surface area contributed by atoms with Crippen molar-refractivity contribution < 1.29 is 4.79 Å². The molecule has 22 heavy (non-hydrogen) atoms. The molecule has 1 unspecified atom stereocenters. The van der Waals surface area contributed by atoms with Gasteiger partial charge in [0.25, 0.3) is 5.91 Å². The minimum Gasteiger partial charge on any atom is -0.284 e. The highest BCUT2D eigenvalue weighted by Gasteiger charge is 2.20. The normalized spacial score (nSPS) is 22.2. The van der Waals surface area contributed by atoms with Crippen LogP contribution in [0.2, 0.25) is 0 Å². The van der Waals surface area contributed by atoms with E-state index in [0.29, 0.717) is 0 Å². The Kier molecular flexibility index (Phi) is 4.74. The van der Waals surface area contributed by atoms with E-state index in [1.807, 2.05) is 36.2 Å². The molecule has 0 saturated heterocycles. The number of nitrogens with one attached hydrogen (secondary N) is 1. The van der Waals surface area contributed by atoms with Gasteiger partial charge in [-0.25, -0.2) is 5.01 Å². The second kappa shape index (κ2) is 6.93. The molecule has 1 aromatic rings. The molecular weight excluding hydrogens is 272 g/mol. The van der Waals surface area contributed by atoms with Crippen molar-refractivity contribution >= 4 is 5.91 Å². The highest BCUT2D eigenvalue weighted by atomic mass is 16.2. The molecule has 1 aliphatic heterocycles. The number of nitrogens with zero attached hydrogens (tertiary/aromatic N) is 1. The zero-order valence-electron chi connectivity index (χ0n) is 13.2. The predicted octanol–water partition coefficient (Wildman–Crippen LogP) is 3.63. The monoisotopic (exact) mass is 296 g/mol. The van der Waals surface area contributed by atoms with Crippen molar-refractivity contribution in [3.63, 3.8) is 0 Å². The summed E-state index contributed by atoms with van der Waals surface area (Å²) in [5, 5.41) is 2.02. The number of benzene rings is 1. The fraction of sp³-hybridized carbons (Fsp3) is 0.421. The maximum absolute atomic E-state index is 12.2. The molecule has 2 aliphatic rings. The first kappa shape index (κ1) is 15.0. The Morgan fingerprint density at radius 3 is 2.68 bits per heavy atom. The lowest BCUT2D eigenvalue weighted by Crippen LogP contribution is -2.44. The summed E-state index contributed by atoms with van der Waals surface area (Å²) in [7, 11) is 0. The number of rotatable bonds is 3. The maximum Gasteiger partial charge on any atom is 0.265 e. The molecular formula is C19H24N2O. The van der Waals surface area contributed by atoms with Crippen LogP contribution in [-0.4, -0.2) is 24.0 Å². The SMILES string of the molecule is Cc1ccc(C(=O)NN2CC=C(C3CC=CCC3)CC2)cc1. The van der Waals surface area contributed by atoms with Crippen LogP contribution in [0.1, 0.15) is 41.6 Å². The number of hydrazine groups is 1. The van der Waals surface area contributed by atoms with Crippen molar-refractivity contribution in [3.05, 3.63) is 59.2 Å². The molecule has 0 bridgehead atoms. The zero-order chi connectivity index (χ0) is 15.4. The smallest absolute Gasteiger partial charge is 0.265 e. The lowest BCUT2D eigenvalue weighted by atomic mass is 9.85. The molecule has 3 nitrogen and oxygen atoms in total. The van der Waals surface area contributed by atoms with Gasteiger partial charge in [0.2, 0.25) is 0 Å². The molecule has 1 aromatic carbocycles. The Hall–Kier alpha value is -1.87. The number of carbonyl (C=O) groups is 1. The number of amides is 1. The van der Waals surface area contributed by atoms with Gasteiger partial charge in [0.15, 0.2) is 0 Å². The molecule has 1 aliphatic carbocycles. The molecule has 0 aromatic heterocycles. The zero-order valence-corrected chi connectivity index (χ0v) is 13.2. The van der Waals surface area contributed by atoms with E-state index < -0.39 is 0 Å². The van der Waals surface area contributed by atoms with Crippen LogP contribution in [0.3, 0.4) is 0 Å². The van der Waals surface area contributed by atoms with E-state index in [1.54, 1.807) is 5.57 Å². The number of hydrogen-bond acceptors (Lipinski definition) is 2. The van der Waals surface area contributed by atoms with Crippen LogP contribution in [0, 0.1) is 12.8 Å². The lowest BCUT2D eigenvalue weighted by Gasteiger charge is -2.30. The fourth-order valence-electron chi connectivity index (χ4n) is 3.20. The van der Waals surface area contributed by atoms with Gasteiger partial charge in [-0.1, -0.05) is 41.5 Å². The van der Waals surface area contributed by atoms with Gasteiger partial charge in [0, 0.05) is 18.7 Å². The Balaban J connectivity index is 1.55. The summed E-state index contributed by atoms with van der Waals surface area (Å²) < 4.78 is 0. The van der Waals surface area contributed by atoms with Crippen molar-refractivity contribution in [1.29, 1.82) is 0 Å². The highest BCUT2D eigenvalue weighted by molar-refractivity contribution is 5.93. The first-order chi connectivity index (χ1) is 10.7. The van der Waals surface area contributed by atoms with Gasteiger partial charge >= 0.3 is 0 Å². The third kappa shape index (κ3) is 3.66. The van der Waals surface area contributed by atoms with E-state index in [2.05, 4.69) is 23.7 Å². The predicted molar refractivity (Wildman–Crippen MR) is 89.4 cm³/mol. The Bertz CT molecular complexity index is 586. The van der Waals surface area contributed by atoms with Gasteiger partial charge in [-0.05, 0) is 50.7 Å². The van der Waals surface area contributed by atoms with Crippen LogP contribution >= 0.6 is 0 Å². The van der Waals surface area contributed by atoms with Gasteiger partial charge in [-0.3, -0.25) is 10.2 Å². The average molecular weight is 296 g/mol. The standard InChI is InChI=1S/C19H24N2O/c1-15-7-9-18(10-8-15)19(22)20-21-13-11-17(12-14-21)16-5-3-2-4-6-16/h2-3,7-11,16H,4-6,12-14H2,1H3,(H,20,22). The van der Waals surface area contributed by atoms with Crippen LogP contribution in [0.4, 0.5) is 0 Å². The van der Waals surface area contributed by atoms with Crippen molar-refractivity contribution in [1.82, 2.24) is 10.4 Å². The van der Waals surface area contributed by atoms with E-state index in [-0.39, 0.29) is 5.91 Å².